The molecule has 148 valence electrons. The van der Waals surface area contributed by atoms with Gasteiger partial charge in [0, 0.05) is 7.11 Å². The topological polar surface area (TPSA) is 75.6 Å². The van der Waals surface area contributed by atoms with Crippen molar-refractivity contribution in [3.63, 3.8) is 0 Å². The van der Waals surface area contributed by atoms with Crippen LogP contribution in [-0.2, 0) is 28.4 Å². The van der Waals surface area contributed by atoms with E-state index in [-0.39, 0.29) is 19.7 Å². The molecule has 0 aromatic rings. The molecular weight excluding hydrogens is 340 g/mol. The minimum absolute atomic E-state index is 0.184. The van der Waals surface area contributed by atoms with Gasteiger partial charge in [-0.05, 0) is 25.0 Å². The lowest BCUT2D eigenvalue weighted by Crippen LogP contribution is -2.28. The molecule has 2 unspecified atom stereocenters. The van der Waals surface area contributed by atoms with Crippen LogP contribution in [0.25, 0.3) is 0 Å². The Hall–Kier alpha value is -1.64. The third-order valence-corrected chi connectivity index (χ3v) is 3.18. The zero-order chi connectivity index (χ0) is 18.7. The van der Waals surface area contributed by atoms with Crippen LogP contribution in [0.2, 0.25) is 0 Å². The van der Waals surface area contributed by atoms with Crippen LogP contribution in [0.4, 0.5) is 0 Å². The quantitative estimate of drug-likeness (QED) is 0.254. The average molecular weight is 370 g/mol. The highest BCUT2D eigenvalue weighted by Gasteiger charge is 2.15. The largest absolute Gasteiger partial charge is 0.499 e. The Bertz CT molecular complexity index is 432. The predicted octanol–water partition coefficient (Wildman–Crippen LogP) is 2.29. The van der Waals surface area contributed by atoms with Crippen molar-refractivity contribution in [1.82, 2.24) is 0 Å². The van der Waals surface area contributed by atoms with Crippen LogP contribution < -0.4 is 0 Å². The number of aliphatic hydroxyl groups excluding tert-OH is 1. The summed E-state index contributed by atoms with van der Waals surface area (Å²) in [6.07, 6.45) is 15.2. The maximum Gasteiger partial charge on any atom is 0.190 e. The number of unbranched alkanes of at least 4 members (excludes halogenated alkanes) is 1. The van der Waals surface area contributed by atoms with Gasteiger partial charge in [-0.1, -0.05) is 24.3 Å². The summed E-state index contributed by atoms with van der Waals surface area (Å²) in [5.74, 6) is 0. The minimum Gasteiger partial charge on any atom is -0.499 e. The lowest BCUT2D eigenvalue weighted by Gasteiger charge is -2.19. The fourth-order valence-corrected chi connectivity index (χ4v) is 1.92. The summed E-state index contributed by atoms with van der Waals surface area (Å²) >= 11 is 0. The molecule has 0 aromatic carbocycles. The van der Waals surface area contributed by atoms with Crippen LogP contribution in [0.15, 0.2) is 49.0 Å². The first kappa shape index (κ1) is 22.4. The molecular formula is C19H30O7. The van der Waals surface area contributed by atoms with E-state index >= 15 is 0 Å². The second-order valence-electron chi connectivity index (χ2n) is 5.30. The van der Waals surface area contributed by atoms with Crippen LogP contribution in [0.1, 0.15) is 12.8 Å². The molecule has 0 saturated carbocycles. The van der Waals surface area contributed by atoms with E-state index in [0.29, 0.717) is 26.4 Å². The molecule has 0 amide bonds. The van der Waals surface area contributed by atoms with Gasteiger partial charge in [0.2, 0.25) is 0 Å². The molecule has 0 heterocycles. The Morgan fingerprint density at radius 3 is 2.35 bits per heavy atom. The smallest absolute Gasteiger partial charge is 0.190 e. The van der Waals surface area contributed by atoms with E-state index in [1.807, 2.05) is 24.3 Å². The van der Waals surface area contributed by atoms with Gasteiger partial charge < -0.3 is 33.5 Å². The van der Waals surface area contributed by atoms with Gasteiger partial charge in [-0.25, -0.2) is 0 Å². The maximum absolute atomic E-state index is 9.65. The van der Waals surface area contributed by atoms with Crippen molar-refractivity contribution in [3.05, 3.63) is 49.0 Å². The molecule has 26 heavy (non-hydrogen) atoms. The second-order valence-corrected chi connectivity index (χ2v) is 5.30. The fourth-order valence-electron chi connectivity index (χ4n) is 1.92. The van der Waals surface area contributed by atoms with Gasteiger partial charge in [-0.2, -0.15) is 0 Å². The lowest BCUT2D eigenvalue weighted by molar-refractivity contribution is -0.0974. The molecule has 1 aliphatic carbocycles. The van der Waals surface area contributed by atoms with Crippen molar-refractivity contribution in [1.29, 1.82) is 0 Å². The van der Waals surface area contributed by atoms with Crippen molar-refractivity contribution in [2.45, 2.75) is 25.0 Å². The number of allylic oxidation sites excluding steroid dienone is 4. The van der Waals surface area contributed by atoms with E-state index in [0.717, 1.165) is 12.8 Å². The number of aliphatic hydroxyl groups is 1. The normalized spacial score (nSPS) is 19.6. The molecule has 1 rings (SSSR count). The molecule has 7 heteroatoms. The number of rotatable bonds is 16. The Morgan fingerprint density at radius 1 is 0.846 bits per heavy atom. The maximum atomic E-state index is 9.65. The van der Waals surface area contributed by atoms with Crippen molar-refractivity contribution in [2.24, 2.45) is 0 Å². The number of hydrogen-bond acceptors (Lipinski definition) is 7. The Balaban J connectivity index is 1.81. The number of ether oxygens (including phenoxy) is 6. The molecule has 1 aliphatic rings. The molecule has 0 aromatic heterocycles. The van der Waals surface area contributed by atoms with Crippen LogP contribution in [0.5, 0.6) is 0 Å². The first-order chi connectivity index (χ1) is 12.8. The van der Waals surface area contributed by atoms with Crippen molar-refractivity contribution < 1.29 is 33.5 Å². The zero-order valence-corrected chi connectivity index (χ0v) is 15.3. The van der Waals surface area contributed by atoms with Gasteiger partial charge in [0.05, 0.1) is 32.3 Å². The molecule has 0 radical (unpaired) electrons. The Labute approximate surface area is 155 Å². The molecule has 0 bridgehead atoms. The number of methoxy groups -OCH3 is 1. The van der Waals surface area contributed by atoms with Gasteiger partial charge in [0.1, 0.15) is 25.6 Å². The van der Waals surface area contributed by atoms with Crippen LogP contribution in [-0.4, -0.2) is 64.4 Å². The minimum atomic E-state index is -0.584. The molecule has 2 atom stereocenters. The van der Waals surface area contributed by atoms with E-state index in [4.69, 9.17) is 28.4 Å². The monoisotopic (exact) mass is 370 g/mol. The second kappa shape index (κ2) is 16.8. The standard InChI is InChI=1S/C19H30O7/c1-21-16-25-17-24-11-7-3-2-6-10-22-12-13-23-14-15-26-19-9-5-4-8-18(19)20/h4-11,18-20H,2-3,12-17H2,1H3/b10-6+,11-7+. The summed E-state index contributed by atoms with van der Waals surface area (Å²) < 4.78 is 31.0. The highest BCUT2D eigenvalue weighted by Crippen LogP contribution is 2.08. The van der Waals surface area contributed by atoms with Gasteiger partial charge in [0.25, 0.3) is 0 Å². The summed E-state index contributed by atoms with van der Waals surface area (Å²) in [5, 5.41) is 9.65. The molecule has 0 spiro atoms. The van der Waals surface area contributed by atoms with Gasteiger partial charge in [0.15, 0.2) is 6.79 Å². The molecule has 0 fully saturated rings. The van der Waals surface area contributed by atoms with Gasteiger partial charge >= 0.3 is 0 Å². The average Bonchev–Trinajstić information content (AvgIpc) is 2.65. The van der Waals surface area contributed by atoms with E-state index in [9.17, 15) is 5.11 Å². The zero-order valence-electron chi connectivity index (χ0n) is 15.3. The summed E-state index contributed by atoms with van der Waals surface area (Å²) in [6.45, 7) is 2.28. The molecule has 1 N–H and O–H groups in total. The summed E-state index contributed by atoms with van der Waals surface area (Å²) in [5.41, 5.74) is 0. The van der Waals surface area contributed by atoms with Crippen molar-refractivity contribution in [2.75, 3.05) is 47.1 Å². The van der Waals surface area contributed by atoms with Crippen LogP contribution in [0.3, 0.4) is 0 Å². The number of hydrogen-bond donors (Lipinski definition) is 1. The Kier molecular flexibility index (Phi) is 14.5. The molecule has 7 nitrogen and oxygen atoms in total. The third kappa shape index (κ3) is 12.7. The third-order valence-electron chi connectivity index (χ3n) is 3.18. The molecule has 0 aliphatic heterocycles. The highest BCUT2D eigenvalue weighted by molar-refractivity contribution is 5.16. The van der Waals surface area contributed by atoms with Crippen LogP contribution in [0, 0.1) is 0 Å². The lowest BCUT2D eigenvalue weighted by atomic mass is 10.1. The Morgan fingerprint density at radius 2 is 1.58 bits per heavy atom. The van der Waals surface area contributed by atoms with E-state index in [2.05, 4.69) is 0 Å². The van der Waals surface area contributed by atoms with Crippen molar-refractivity contribution in [3.8, 4) is 0 Å². The fraction of sp³-hybridized carbons (Fsp3) is 0.579. The van der Waals surface area contributed by atoms with Crippen LogP contribution >= 0.6 is 0 Å². The first-order valence-corrected chi connectivity index (χ1v) is 8.67. The van der Waals surface area contributed by atoms with Gasteiger partial charge in [-0.3, -0.25) is 0 Å². The van der Waals surface area contributed by atoms with Gasteiger partial charge in [-0.15, -0.1) is 0 Å². The molecule has 0 saturated heterocycles. The SMILES string of the molecule is COCOCO/C=C/CC/C=C/OCCOCCOC1C=CC=CC1O. The predicted molar refractivity (Wildman–Crippen MR) is 97.2 cm³/mol. The van der Waals surface area contributed by atoms with E-state index < -0.39 is 6.10 Å². The summed E-state index contributed by atoms with van der Waals surface area (Å²) in [7, 11) is 1.56. The summed E-state index contributed by atoms with van der Waals surface area (Å²) in [4.78, 5) is 0. The summed E-state index contributed by atoms with van der Waals surface area (Å²) in [6, 6.07) is 0. The van der Waals surface area contributed by atoms with E-state index in [1.54, 1.807) is 31.8 Å². The first-order valence-electron chi connectivity index (χ1n) is 8.67. The van der Waals surface area contributed by atoms with Crippen molar-refractivity contribution >= 4 is 0 Å². The van der Waals surface area contributed by atoms with E-state index in [1.165, 1.54) is 0 Å². The highest BCUT2D eigenvalue weighted by atomic mass is 16.7.